The number of carbonyl (C=O) groups is 1. The highest BCUT2D eigenvalue weighted by Gasteiger charge is 2.16. The van der Waals surface area contributed by atoms with Gasteiger partial charge in [0.2, 0.25) is 5.89 Å². The number of nitrogens with zero attached hydrogens (tertiary/aromatic N) is 2. The average Bonchev–Trinajstić information content (AvgIpc) is 3.40. The number of carbonyl (C=O) groups excluding carboxylic acids is 1. The minimum atomic E-state index is -0.224. The summed E-state index contributed by atoms with van der Waals surface area (Å²) in [6.07, 6.45) is 4.37. The molecule has 0 fully saturated rings. The molecule has 0 radical (unpaired) electrons. The van der Waals surface area contributed by atoms with E-state index in [4.69, 9.17) is 16.0 Å². The van der Waals surface area contributed by atoms with Gasteiger partial charge in [0, 0.05) is 41.3 Å². The Morgan fingerprint density at radius 3 is 2.72 bits per heavy atom. The van der Waals surface area contributed by atoms with Gasteiger partial charge in [-0.3, -0.25) is 9.69 Å². The number of hydrogen-bond donors (Lipinski definition) is 2. The molecule has 0 aliphatic rings. The lowest BCUT2D eigenvalue weighted by Gasteiger charge is -2.21. The Labute approximate surface area is 192 Å². The monoisotopic (exact) mass is 450 g/mol. The van der Waals surface area contributed by atoms with Crippen LogP contribution in [0.3, 0.4) is 0 Å². The van der Waals surface area contributed by atoms with Gasteiger partial charge in [-0.25, -0.2) is 4.98 Å². The average molecular weight is 451 g/mol. The lowest BCUT2D eigenvalue weighted by molar-refractivity contribution is 0.0938. The van der Waals surface area contributed by atoms with Crippen LogP contribution in [0.2, 0.25) is 5.02 Å². The van der Waals surface area contributed by atoms with Crippen LogP contribution in [-0.2, 0) is 19.5 Å². The number of benzene rings is 2. The number of halogens is 1. The summed E-state index contributed by atoms with van der Waals surface area (Å²) in [4.78, 5) is 22.2. The second kappa shape index (κ2) is 10.0. The number of H-pyrrole nitrogens is 1. The Bertz CT molecular complexity index is 1180. The Morgan fingerprint density at radius 2 is 1.94 bits per heavy atom. The third-order valence-corrected chi connectivity index (χ3v) is 5.51. The van der Waals surface area contributed by atoms with Gasteiger partial charge in [-0.05, 0) is 49.6 Å². The number of para-hydroxylation sites is 1. The fourth-order valence-electron chi connectivity index (χ4n) is 3.69. The van der Waals surface area contributed by atoms with E-state index in [1.165, 1.54) is 17.2 Å². The number of nitrogens with one attached hydrogen (secondary N) is 2. The summed E-state index contributed by atoms with van der Waals surface area (Å²) < 4.78 is 5.62. The van der Waals surface area contributed by atoms with E-state index in [0.717, 1.165) is 30.6 Å². The quantitative estimate of drug-likeness (QED) is 0.368. The number of amides is 1. The maximum atomic E-state index is 12.2. The molecule has 0 unspecified atom stereocenters. The zero-order chi connectivity index (χ0) is 22.5. The summed E-state index contributed by atoms with van der Waals surface area (Å²) in [6, 6.07) is 16.2. The predicted molar refractivity (Wildman–Crippen MR) is 127 cm³/mol. The third-order valence-electron chi connectivity index (χ3n) is 5.25. The molecule has 0 aliphatic carbocycles. The minimum absolute atomic E-state index is 0.0419. The Morgan fingerprint density at radius 1 is 1.16 bits per heavy atom. The highest BCUT2D eigenvalue weighted by atomic mass is 35.5. The SMILES string of the molecule is CC(C)NC(=O)c1coc(CN(CCc2c[nH]c3ccccc23)Cc2ccc(Cl)cc2)n1. The summed E-state index contributed by atoms with van der Waals surface area (Å²) in [5, 5.41) is 4.79. The van der Waals surface area contributed by atoms with Crippen molar-refractivity contribution < 1.29 is 9.21 Å². The molecule has 166 valence electrons. The van der Waals surface area contributed by atoms with E-state index in [2.05, 4.69) is 44.6 Å². The minimum Gasteiger partial charge on any atom is -0.447 e. The van der Waals surface area contributed by atoms with E-state index in [9.17, 15) is 4.79 Å². The number of aromatic nitrogens is 2. The molecule has 0 spiro atoms. The normalized spacial score (nSPS) is 11.5. The lowest BCUT2D eigenvalue weighted by Crippen LogP contribution is -2.30. The van der Waals surface area contributed by atoms with Crippen LogP contribution in [0.15, 0.2) is 65.4 Å². The van der Waals surface area contributed by atoms with Crippen molar-refractivity contribution in [2.75, 3.05) is 6.54 Å². The van der Waals surface area contributed by atoms with Crippen molar-refractivity contribution in [1.82, 2.24) is 20.2 Å². The molecule has 0 aliphatic heterocycles. The van der Waals surface area contributed by atoms with Crippen LogP contribution in [0.4, 0.5) is 0 Å². The van der Waals surface area contributed by atoms with Gasteiger partial charge in [-0.1, -0.05) is 41.9 Å². The van der Waals surface area contributed by atoms with Gasteiger partial charge in [0.15, 0.2) is 5.69 Å². The van der Waals surface area contributed by atoms with Crippen LogP contribution in [0.5, 0.6) is 0 Å². The van der Waals surface area contributed by atoms with E-state index in [0.29, 0.717) is 23.2 Å². The summed E-state index contributed by atoms with van der Waals surface area (Å²) in [7, 11) is 0. The molecule has 7 heteroatoms. The van der Waals surface area contributed by atoms with Crippen molar-refractivity contribution in [2.45, 2.75) is 39.4 Å². The number of fused-ring (bicyclic) bond motifs is 1. The molecule has 0 atom stereocenters. The highest BCUT2D eigenvalue weighted by molar-refractivity contribution is 6.30. The Balaban J connectivity index is 1.49. The smallest absolute Gasteiger partial charge is 0.273 e. The van der Waals surface area contributed by atoms with Gasteiger partial charge in [-0.2, -0.15) is 0 Å². The molecule has 4 aromatic rings. The molecule has 2 aromatic heterocycles. The standard InChI is InChI=1S/C25H27ClN4O2/c1-17(2)28-25(31)23-16-32-24(29-23)15-30(14-18-7-9-20(26)10-8-18)12-11-19-13-27-22-6-4-3-5-21(19)22/h3-10,13,16-17,27H,11-12,14-15H2,1-2H3,(H,28,31). The topological polar surface area (TPSA) is 74.2 Å². The zero-order valence-corrected chi connectivity index (χ0v) is 19.0. The van der Waals surface area contributed by atoms with E-state index < -0.39 is 0 Å². The fourth-order valence-corrected chi connectivity index (χ4v) is 3.82. The molecular formula is C25H27ClN4O2. The van der Waals surface area contributed by atoms with Crippen LogP contribution >= 0.6 is 11.6 Å². The van der Waals surface area contributed by atoms with Crippen LogP contribution in [0.1, 0.15) is 41.4 Å². The molecule has 0 bridgehead atoms. The molecule has 2 heterocycles. The first-order valence-electron chi connectivity index (χ1n) is 10.7. The lowest BCUT2D eigenvalue weighted by atomic mass is 10.1. The van der Waals surface area contributed by atoms with Gasteiger partial charge in [-0.15, -0.1) is 0 Å². The molecule has 6 nitrogen and oxygen atoms in total. The molecule has 0 saturated carbocycles. The third kappa shape index (κ3) is 5.58. The number of hydrogen-bond acceptors (Lipinski definition) is 4. The van der Waals surface area contributed by atoms with Crippen LogP contribution < -0.4 is 5.32 Å². The van der Waals surface area contributed by atoms with Crippen molar-refractivity contribution >= 4 is 28.4 Å². The van der Waals surface area contributed by atoms with Crippen molar-refractivity contribution in [3.8, 4) is 0 Å². The summed E-state index contributed by atoms with van der Waals surface area (Å²) in [6.45, 7) is 5.85. The highest BCUT2D eigenvalue weighted by Crippen LogP contribution is 2.20. The maximum absolute atomic E-state index is 12.2. The molecule has 4 rings (SSSR count). The second-order valence-electron chi connectivity index (χ2n) is 8.20. The number of aromatic amines is 1. The molecular weight excluding hydrogens is 424 g/mol. The van der Waals surface area contributed by atoms with Crippen LogP contribution in [-0.4, -0.2) is 33.4 Å². The predicted octanol–water partition coefficient (Wildman–Crippen LogP) is 5.19. The molecule has 2 N–H and O–H groups in total. The Kier molecular flexibility index (Phi) is 6.93. The molecule has 32 heavy (non-hydrogen) atoms. The summed E-state index contributed by atoms with van der Waals surface area (Å²) in [5.74, 6) is 0.296. The number of oxazole rings is 1. The zero-order valence-electron chi connectivity index (χ0n) is 18.3. The van der Waals surface area contributed by atoms with Gasteiger partial charge in [0.25, 0.3) is 5.91 Å². The van der Waals surface area contributed by atoms with E-state index >= 15 is 0 Å². The summed E-state index contributed by atoms with van der Waals surface area (Å²) in [5.41, 5.74) is 3.86. The largest absolute Gasteiger partial charge is 0.447 e. The first-order chi connectivity index (χ1) is 15.5. The maximum Gasteiger partial charge on any atom is 0.273 e. The van der Waals surface area contributed by atoms with Gasteiger partial charge in [0.05, 0.1) is 6.54 Å². The van der Waals surface area contributed by atoms with E-state index in [-0.39, 0.29) is 11.9 Å². The first-order valence-corrected chi connectivity index (χ1v) is 11.1. The van der Waals surface area contributed by atoms with Gasteiger partial charge >= 0.3 is 0 Å². The molecule has 2 aromatic carbocycles. The molecule has 0 saturated heterocycles. The van der Waals surface area contributed by atoms with Crippen molar-refractivity contribution in [1.29, 1.82) is 0 Å². The second-order valence-corrected chi connectivity index (χ2v) is 8.64. The van der Waals surface area contributed by atoms with Crippen LogP contribution in [0.25, 0.3) is 10.9 Å². The molecule has 1 amide bonds. The first kappa shape index (κ1) is 22.1. The van der Waals surface area contributed by atoms with Gasteiger partial charge < -0.3 is 14.7 Å². The Hall–Kier alpha value is -3.09. The van der Waals surface area contributed by atoms with Crippen LogP contribution in [0, 0.1) is 0 Å². The summed E-state index contributed by atoms with van der Waals surface area (Å²) >= 11 is 6.05. The van der Waals surface area contributed by atoms with Crippen molar-refractivity contribution in [3.63, 3.8) is 0 Å². The number of rotatable bonds is 9. The van der Waals surface area contributed by atoms with Crippen molar-refractivity contribution in [2.24, 2.45) is 0 Å². The van der Waals surface area contributed by atoms with E-state index in [1.54, 1.807) is 0 Å². The fraction of sp³-hybridized carbons (Fsp3) is 0.280. The van der Waals surface area contributed by atoms with Gasteiger partial charge in [0.1, 0.15) is 6.26 Å². The van der Waals surface area contributed by atoms with Crippen molar-refractivity contribution in [3.05, 3.63) is 88.7 Å². The van der Waals surface area contributed by atoms with E-state index in [1.807, 2.05) is 44.2 Å².